The predicted octanol–water partition coefficient (Wildman–Crippen LogP) is 5.03. The summed E-state index contributed by atoms with van der Waals surface area (Å²) in [5, 5.41) is 10.2. The van der Waals surface area contributed by atoms with Gasteiger partial charge in [0.2, 0.25) is 5.88 Å². The highest BCUT2D eigenvalue weighted by molar-refractivity contribution is 7.10. The molecule has 0 unspecified atom stereocenters. The first-order valence-corrected chi connectivity index (χ1v) is 9.10. The van der Waals surface area contributed by atoms with E-state index in [1.165, 1.54) is 12.1 Å². The van der Waals surface area contributed by atoms with Crippen molar-refractivity contribution in [1.82, 2.24) is 4.98 Å². The van der Waals surface area contributed by atoms with Gasteiger partial charge in [0.05, 0.1) is 16.1 Å². The van der Waals surface area contributed by atoms with Crippen LogP contribution in [-0.2, 0) is 12.6 Å². The number of rotatable bonds is 3. The monoisotopic (exact) mass is 402 g/mol. The average Bonchev–Trinajstić information content (AvgIpc) is 3.22. The lowest BCUT2D eigenvalue weighted by molar-refractivity contribution is -0.137. The fraction of sp³-hybridized carbons (Fsp3) is 0.100. The van der Waals surface area contributed by atoms with Crippen molar-refractivity contribution < 1.29 is 18.3 Å². The zero-order valence-corrected chi connectivity index (χ0v) is 15.1. The number of benzene rings is 2. The molecule has 0 amide bonds. The number of H-pyrrole nitrogens is 1. The number of alkyl halides is 3. The summed E-state index contributed by atoms with van der Waals surface area (Å²) in [6.07, 6.45) is -2.53. The minimum absolute atomic E-state index is 0.231. The van der Waals surface area contributed by atoms with Crippen LogP contribution < -0.4 is 4.87 Å². The highest BCUT2D eigenvalue weighted by Crippen LogP contribution is 2.40. The van der Waals surface area contributed by atoms with Crippen LogP contribution in [0.2, 0.25) is 0 Å². The third kappa shape index (κ3) is 3.38. The maximum absolute atomic E-state index is 12.8. The quantitative estimate of drug-likeness (QED) is 0.645. The Kier molecular flexibility index (Phi) is 4.43. The number of nitrogens with one attached hydrogen (secondary N) is 1. The molecule has 0 spiro atoms. The normalized spacial score (nSPS) is 15.0. The second kappa shape index (κ2) is 6.79. The average molecular weight is 402 g/mol. The van der Waals surface area contributed by atoms with Gasteiger partial charge in [0.15, 0.2) is 0 Å². The molecule has 2 aromatic carbocycles. The lowest BCUT2D eigenvalue weighted by Gasteiger charge is -2.12. The summed E-state index contributed by atoms with van der Waals surface area (Å²) < 4.78 is 38.5. The Morgan fingerprint density at radius 1 is 1.11 bits per heavy atom. The van der Waals surface area contributed by atoms with Crippen molar-refractivity contribution in [3.63, 3.8) is 0 Å². The number of nitrogens with zero attached hydrogens (tertiary/aromatic N) is 1. The molecule has 1 aromatic heterocycles. The highest BCUT2D eigenvalue weighted by Gasteiger charge is 2.30. The second-order valence-electron chi connectivity index (χ2n) is 6.23. The van der Waals surface area contributed by atoms with E-state index in [0.29, 0.717) is 16.0 Å². The first-order valence-electron chi connectivity index (χ1n) is 8.28. The molecule has 0 saturated carbocycles. The lowest BCUT2D eigenvalue weighted by atomic mass is 9.94. The van der Waals surface area contributed by atoms with E-state index in [1.54, 1.807) is 6.21 Å². The van der Waals surface area contributed by atoms with Gasteiger partial charge in [-0.25, -0.2) is 0 Å². The van der Waals surface area contributed by atoms with E-state index in [-0.39, 0.29) is 12.3 Å². The van der Waals surface area contributed by atoms with Crippen LogP contribution in [0.1, 0.15) is 21.6 Å². The number of allylic oxidation sites excluding steroid dienone is 2. The number of hydrogen-bond acceptors (Lipinski definition) is 4. The molecule has 0 bridgehead atoms. The largest absolute Gasteiger partial charge is 0.493 e. The third-order valence-electron chi connectivity index (χ3n) is 4.42. The third-order valence-corrected chi connectivity index (χ3v) is 5.35. The number of aromatic hydroxyl groups is 1. The molecule has 4 nitrogen and oxygen atoms in total. The summed E-state index contributed by atoms with van der Waals surface area (Å²) in [5.74, 6) is -0.262. The zero-order chi connectivity index (χ0) is 19.9. The number of para-hydroxylation sites is 1. The van der Waals surface area contributed by atoms with Crippen LogP contribution in [0, 0.1) is 0 Å². The van der Waals surface area contributed by atoms with E-state index in [1.807, 2.05) is 24.3 Å². The molecule has 4 rings (SSSR count). The Morgan fingerprint density at radius 2 is 1.82 bits per heavy atom. The Labute approximate surface area is 161 Å². The number of hydrogen-bond donors (Lipinski definition) is 2. The molecule has 0 radical (unpaired) electrons. The molecule has 1 aliphatic rings. The van der Waals surface area contributed by atoms with E-state index >= 15 is 0 Å². The van der Waals surface area contributed by atoms with Crippen LogP contribution in [0.4, 0.5) is 18.9 Å². The first-order chi connectivity index (χ1) is 13.3. The van der Waals surface area contributed by atoms with Gasteiger partial charge in [0.25, 0.3) is 0 Å². The Morgan fingerprint density at radius 3 is 2.46 bits per heavy atom. The molecule has 3 aromatic rings. The number of aromatic amines is 1. The maximum Gasteiger partial charge on any atom is 0.416 e. The summed E-state index contributed by atoms with van der Waals surface area (Å²) in [4.78, 5) is 18.3. The number of thiazole rings is 1. The topological polar surface area (TPSA) is 65.5 Å². The first kappa shape index (κ1) is 18.2. The van der Waals surface area contributed by atoms with E-state index in [0.717, 1.165) is 40.3 Å². The van der Waals surface area contributed by atoms with Gasteiger partial charge in [-0.1, -0.05) is 41.7 Å². The molecule has 8 heteroatoms. The summed E-state index contributed by atoms with van der Waals surface area (Å²) in [6.45, 7) is 0. The van der Waals surface area contributed by atoms with Crippen molar-refractivity contribution in [2.75, 3.05) is 0 Å². The fourth-order valence-corrected chi connectivity index (χ4v) is 3.88. The van der Waals surface area contributed by atoms with Crippen LogP contribution >= 0.6 is 11.3 Å². The van der Waals surface area contributed by atoms with Gasteiger partial charge >= 0.3 is 11.0 Å². The SMILES string of the molecule is O=c1[nH]c(O)c(C(Cc2ccc(C(F)(F)F)cc2)=C2C=Nc3ccccc32)s1. The Hall–Kier alpha value is -3.13. The Balaban J connectivity index is 1.82. The zero-order valence-electron chi connectivity index (χ0n) is 14.2. The van der Waals surface area contributed by atoms with Gasteiger partial charge in [-0.05, 0) is 35.8 Å². The molecule has 0 atom stereocenters. The minimum atomic E-state index is -4.41. The summed E-state index contributed by atoms with van der Waals surface area (Å²) in [5.41, 5.74) is 2.82. The molecule has 0 aliphatic carbocycles. The molecular formula is C20H13F3N2O2S. The summed E-state index contributed by atoms with van der Waals surface area (Å²) in [6, 6.07) is 12.2. The van der Waals surface area contributed by atoms with E-state index in [4.69, 9.17) is 0 Å². The van der Waals surface area contributed by atoms with Crippen molar-refractivity contribution in [3.05, 3.63) is 79.8 Å². The fourth-order valence-electron chi connectivity index (χ4n) is 3.10. The maximum atomic E-state index is 12.8. The molecule has 2 heterocycles. The van der Waals surface area contributed by atoms with Crippen molar-refractivity contribution in [2.45, 2.75) is 12.6 Å². The molecular weight excluding hydrogens is 389 g/mol. The number of aliphatic imine (C=N–C) groups is 1. The van der Waals surface area contributed by atoms with Crippen LogP contribution in [0.3, 0.4) is 0 Å². The summed E-state index contributed by atoms with van der Waals surface area (Å²) in [7, 11) is 0. The van der Waals surface area contributed by atoms with Gasteiger partial charge in [0.1, 0.15) is 0 Å². The molecule has 2 N–H and O–H groups in total. The van der Waals surface area contributed by atoms with E-state index in [2.05, 4.69) is 9.98 Å². The van der Waals surface area contributed by atoms with Gasteiger partial charge < -0.3 is 5.11 Å². The predicted molar refractivity (Wildman–Crippen MR) is 103 cm³/mol. The smallest absolute Gasteiger partial charge is 0.416 e. The van der Waals surface area contributed by atoms with Gasteiger partial charge in [-0.3, -0.25) is 14.8 Å². The van der Waals surface area contributed by atoms with Crippen LogP contribution in [0.15, 0.2) is 58.3 Å². The Bertz CT molecular complexity index is 1160. The number of halogens is 3. The van der Waals surface area contributed by atoms with Crippen LogP contribution in [-0.4, -0.2) is 16.3 Å². The minimum Gasteiger partial charge on any atom is -0.493 e. The molecule has 0 saturated heterocycles. The molecule has 28 heavy (non-hydrogen) atoms. The van der Waals surface area contributed by atoms with Crippen molar-refractivity contribution in [1.29, 1.82) is 0 Å². The second-order valence-corrected chi connectivity index (χ2v) is 7.21. The van der Waals surface area contributed by atoms with E-state index in [9.17, 15) is 23.1 Å². The standard InChI is InChI=1S/C20H13F3N2O2S/c21-20(22,23)12-7-5-11(6-8-12)9-14(17-18(26)25-19(27)28-17)15-10-24-16-4-2-1-3-13(15)16/h1-8,10,26H,9H2,(H,25,27). The number of aromatic nitrogens is 1. The van der Waals surface area contributed by atoms with Crippen molar-refractivity contribution in [3.8, 4) is 5.88 Å². The number of fused-ring (bicyclic) bond motifs is 1. The van der Waals surface area contributed by atoms with Gasteiger partial charge in [0, 0.05) is 17.4 Å². The highest BCUT2D eigenvalue weighted by atomic mass is 32.1. The van der Waals surface area contributed by atoms with Crippen LogP contribution in [0.5, 0.6) is 5.88 Å². The molecule has 142 valence electrons. The van der Waals surface area contributed by atoms with Gasteiger partial charge in [-0.15, -0.1) is 0 Å². The van der Waals surface area contributed by atoms with E-state index < -0.39 is 16.6 Å². The van der Waals surface area contributed by atoms with Crippen LogP contribution in [0.25, 0.3) is 11.1 Å². The summed E-state index contributed by atoms with van der Waals surface area (Å²) >= 11 is 0.850. The van der Waals surface area contributed by atoms with Crippen molar-refractivity contribution in [2.24, 2.45) is 4.99 Å². The van der Waals surface area contributed by atoms with Gasteiger partial charge in [-0.2, -0.15) is 13.2 Å². The lowest BCUT2D eigenvalue weighted by Crippen LogP contribution is -2.04. The van der Waals surface area contributed by atoms with Crippen molar-refractivity contribution >= 4 is 34.4 Å². The molecule has 0 fully saturated rings. The molecule has 1 aliphatic heterocycles.